The Morgan fingerprint density at radius 1 is 1.32 bits per heavy atom. The lowest BCUT2D eigenvalue weighted by Crippen LogP contribution is -2.14. The molecule has 1 amide bonds. The van der Waals surface area contributed by atoms with Crippen LogP contribution in [-0.2, 0) is 0 Å². The van der Waals surface area contributed by atoms with E-state index in [-0.39, 0.29) is 17.2 Å². The summed E-state index contributed by atoms with van der Waals surface area (Å²) in [6.07, 6.45) is 0. The number of nitrogens with two attached hydrogens (primary N) is 2. The van der Waals surface area contributed by atoms with Crippen molar-refractivity contribution in [1.29, 1.82) is 0 Å². The molecule has 0 fully saturated rings. The van der Waals surface area contributed by atoms with Gasteiger partial charge in [0, 0.05) is 0 Å². The molecule has 0 aliphatic rings. The van der Waals surface area contributed by atoms with E-state index in [0.29, 0.717) is 5.69 Å². The van der Waals surface area contributed by atoms with Gasteiger partial charge < -0.3 is 16.8 Å². The van der Waals surface area contributed by atoms with Gasteiger partial charge in [-0.05, 0) is 36.8 Å². The van der Waals surface area contributed by atoms with Crippen molar-refractivity contribution >= 4 is 23.1 Å². The molecule has 6 heteroatoms. The van der Waals surface area contributed by atoms with Crippen LogP contribution >= 0.6 is 0 Å². The van der Waals surface area contributed by atoms with E-state index in [2.05, 4.69) is 10.3 Å². The average Bonchev–Trinajstić information content (AvgIpc) is 2.34. The third-order valence-corrected chi connectivity index (χ3v) is 2.56. The summed E-state index contributed by atoms with van der Waals surface area (Å²) in [7, 11) is 0. The van der Waals surface area contributed by atoms with Gasteiger partial charge in [-0.25, -0.2) is 9.37 Å². The van der Waals surface area contributed by atoms with Crippen molar-refractivity contribution in [2.75, 3.05) is 11.1 Å². The Labute approximate surface area is 109 Å². The summed E-state index contributed by atoms with van der Waals surface area (Å²) < 4.78 is 13.7. The number of nitrogen functional groups attached to an aromatic ring is 1. The monoisotopic (exact) mass is 260 g/mol. The van der Waals surface area contributed by atoms with E-state index in [9.17, 15) is 9.18 Å². The van der Waals surface area contributed by atoms with Gasteiger partial charge in [-0.2, -0.15) is 0 Å². The minimum Gasteiger partial charge on any atom is -0.396 e. The first-order chi connectivity index (χ1) is 8.97. The SMILES string of the molecule is Cc1ccc(Nc2nc(C(N)=O)ccc2N)c(F)c1. The van der Waals surface area contributed by atoms with Crippen LogP contribution in [0.15, 0.2) is 30.3 Å². The average molecular weight is 260 g/mol. The highest BCUT2D eigenvalue weighted by atomic mass is 19.1. The number of carbonyl (C=O) groups is 1. The third kappa shape index (κ3) is 2.79. The molecule has 0 unspecified atom stereocenters. The number of nitrogens with one attached hydrogen (secondary N) is 1. The van der Waals surface area contributed by atoms with Crippen LogP contribution in [0, 0.1) is 12.7 Å². The molecular weight excluding hydrogens is 247 g/mol. The van der Waals surface area contributed by atoms with E-state index < -0.39 is 11.7 Å². The largest absolute Gasteiger partial charge is 0.396 e. The fourth-order valence-electron chi connectivity index (χ4n) is 1.56. The van der Waals surface area contributed by atoms with E-state index in [0.717, 1.165) is 5.56 Å². The summed E-state index contributed by atoms with van der Waals surface area (Å²) in [6.45, 7) is 1.78. The zero-order valence-corrected chi connectivity index (χ0v) is 10.3. The smallest absolute Gasteiger partial charge is 0.267 e. The predicted molar refractivity (Wildman–Crippen MR) is 71.6 cm³/mol. The number of aryl methyl sites for hydroxylation is 1. The lowest BCUT2D eigenvalue weighted by Gasteiger charge is -2.10. The molecule has 1 aromatic heterocycles. The molecule has 0 atom stereocenters. The molecule has 0 saturated carbocycles. The molecule has 0 aliphatic heterocycles. The van der Waals surface area contributed by atoms with Gasteiger partial charge in [0.1, 0.15) is 11.5 Å². The highest BCUT2D eigenvalue weighted by Gasteiger charge is 2.09. The van der Waals surface area contributed by atoms with Crippen LogP contribution in [0.1, 0.15) is 16.1 Å². The molecule has 0 bridgehead atoms. The molecule has 1 heterocycles. The number of benzene rings is 1. The number of hydrogen-bond acceptors (Lipinski definition) is 4. The van der Waals surface area contributed by atoms with Crippen LogP contribution in [0.2, 0.25) is 0 Å². The normalized spacial score (nSPS) is 10.2. The Morgan fingerprint density at radius 2 is 2.05 bits per heavy atom. The van der Waals surface area contributed by atoms with E-state index in [1.165, 1.54) is 18.2 Å². The molecular formula is C13H13FN4O. The van der Waals surface area contributed by atoms with Gasteiger partial charge in [-0.15, -0.1) is 0 Å². The van der Waals surface area contributed by atoms with Gasteiger partial charge >= 0.3 is 0 Å². The summed E-state index contributed by atoms with van der Waals surface area (Å²) in [5.74, 6) is -0.905. The van der Waals surface area contributed by atoms with Crippen molar-refractivity contribution in [3.63, 3.8) is 0 Å². The number of anilines is 3. The highest BCUT2D eigenvalue weighted by Crippen LogP contribution is 2.23. The molecule has 0 spiro atoms. The summed E-state index contributed by atoms with van der Waals surface area (Å²) in [5.41, 5.74) is 12.2. The Balaban J connectivity index is 2.37. The summed E-state index contributed by atoms with van der Waals surface area (Å²) in [5, 5.41) is 2.74. The van der Waals surface area contributed by atoms with Crippen LogP contribution < -0.4 is 16.8 Å². The first kappa shape index (κ1) is 12.8. The Morgan fingerprint density at radius 3 is 2.68 bits per heavy atom. The highest BCUT2D eigenvalue weighted by molar-refractivity contribution is 5.92. The predicted octanol–water partition coefficient (Wildman–Crippen LogP) is 1.95. The molecule has 0 saturated heterocycles. The molecule has 0 aliphatic carbocycles. The van der Waals surface area contributed by atoms with Gasteiger partial charge in [-0.1, -0.05) is 6.07 Å². The lowest BCUT2D eigenvalue weighted by molar-refractivity contribution is 0.0996. The number of nitrogens with zero attached hydrogens (tertiary/aromatic N) is 1. The molecule has 5 N–H and O–H groups in total. The van der Waals surface area contributed by atoms with Gasteiger partial charge in [0.05, 0.1) is 11.4 Å². The Bertz CT molecular complexity index is 643. The second kappa shape index (κ2) is 4.93. The summed E-state index contributed by atoms with van der Waals surface area (Å²) in [4.78, 5) is 15.0. The number of halogens is 1. The molecule has 5 nitrogen and oxygen atoms in total. The third-order valence-electron chi connectivity index (χ3n) is 2.56. The maximum Gasteiger partial charge on any atom is 0.267 e. The number of pyridine rings is 1. The van der Waals surface area contributed by atoms with E-state index in [1.54, 1.807) is 19.1 Å². The molecule has 98 valence electrons. The van der Waals surface area contributed by atoms with Crippen LogP contribution in [0.3, 0.4) is 0 Å². The molecule has 2 aromatic rings. The second-order valence-corrected chi connectivity index (χ2v) is 4.11. The summed E-state index contributed by atoms with van der Waals surface area (Å²) in [6, 6.07) is 7.61. The van der Waals surface area contributed by atoms with E-state index in [4.69, 9.17) is 11.5 Å². The first-order valence-electron chi connectivity index (χ1n) is 5.57. The number of primary amides is 1. The van der Waals surface area contributed by atoms with E-state index in [1.807, 2.05) is 0 Å². The number of amides is 1. The van der Waals surface area contributed by atoms with Crippen molar-refractivity contribution < 1.29 is 9.18 Å². The number of aromatic nitrogens is 1. The van der Waals surface area contributed by atoms with Crippen molar-refractivity contribution in [2.24, 2.45) is 5.73 Å². The number of rotatable bonds is 3. The topological polar surface area (TPSA) is 94.0 Å². The first-order valence-corrected chi connectivity index (χ1v) is 5.57. The van der Waals surface area contributed by atoms with E-state index >= 15 is 0 Å². The van der Waals surface area contributed by atoms with Crippen molar-refractivity contribution in [2.45, 2.75) is 6.92 Å². The molecule has 19 heavy (non-hydrogen) atoms. The zero-order chi connectivity index (χ0) is 14.0. The number of hydrogen-bond donors (Lipinski definition) is 3. The quantitative estimate of drug-likeness (QED) is 0.786. The minimum atomic E-state index is -0.674. The maximum atomic E-state index is 13.7. The Hall–Kier alpha value is -2.63. The van der Waals surface area contributed by atoms with Crippen LogP contribution in [0.5, 0.6) is 0 Å². The van der Waals surface area contributed by atoms with Gasteiger partial charge in [0.15, 0.2) is 5.82 Å². The van der Waals surface area contributed by atoms with Gasteiger partial charge in [0.25, 0.3) is 5.91 Å². The molecule has 0 radical (unpaired) electrons. The van der Waals surface area contributed by atoms with Crippen LogP contribution in [-0.4, -0.2) is 10.9 Å². The molecule has 2 rings (SSSR count). The van der Waals surface area contributed by atoms with Crippen molar-refractivity contribution in [3.8, 4) is 0 Å². The van der Waals surface area contributed by atoms with Gasteiger partial charge in [-0.3, -0.25) is 4.79 Å². The van der Waals surface area contributed by atoms with Crippen molar-refractivity contribution in [3.05, 3.63) is 47.4 Å². The van der Waals surface area contributed by atoms with Crippen LogP contribution in [0.25, 0.3) is 0 Å². The molecule has 1 aromatic carbocycles. The fourth-order valence-corrected chi connectivity index (χ4v) is 1.56. The second-order valence-electron chi connectivity index (χ2n) is 4.11. The fraction of sp³-hybridized carbons (Fsp3) is 0.0769. The standard InChI is InChI=1S/C13H13FN4O/c1-7-2-4-10(8(14)6-7)17-13-9(15)3-5-11(18-13)12(16)19/h2-6H,15H2,1H3,(H2,16,19)(H,17,18). The summed E-state index contributed by atoms with van der Waals surface area (Å²) >= 11 is 0. The zero-order valence-electron chi connectivity index (χ0n) is 10.3. The minimum absolute atomic E-state index is 0.0595. The Kier molecular flexibility index (Phi) is 3.33. The van der Waals surface area contributed by atoms with Crippen molar-refractivity contribution in [1.82, 2.24) is 4.98 Å². The number of carbonyl (C=O) groups excluding carboxylic acids is 1. The maximum absolute atomic E-state index is 13.7. The van der Waals surface area contributed by atoms with Crippen LogP contribution in [0.4, 0.5) is 21.6 Å². The lowest BCUT2D eigenvalue weighted by atomic mass is 10.2. The van der Waals surface area contributed by atoms with Gasteiger partial charge in [0.2, 0.25) is 0 Å².